The molecule has 1 N–H and O–H groups in total. The topological polar surface area (TPSA) is 91.8 Å². The average Bonchev–Trinajstić information content (AvgIpc) is 3.18. The minimum absolute atomic E-state index is 0.113. The van der Waals surface area contributed by atoms with Crippen molar-refractivity contribution in [1.82, 2.24) is 4.90 Å². The SMILES string of the molecule is C[C@@H]1CN(C(=O)CCS(=O)(=O)c2ccc3c(c2)CCC3)C[C@H]1C(=O)O. The van der Waals surface area contributed by atoms with E-state index in [-0.39, 0.29) is 35.4 Å². The zero-order chi connectivity index (χ0) is 18.2. The molecule has 0 unspecified atom stereocenters. The van der Waals surface area contributed by atoms with Gasteiger partial charge in [0.25, 0.3) is 0 Å². The highest BCUT2D eigenvalue weighted by Gasteiger charge is 2.37. The van der Waals surface area contributed by atoms with E-state index in [1.54, 1.807) is 19.1 Å². The first-order valence-electron chi connectivity index (χ1n) is 8.63. The number of fused-ring (bicyclic) bond motifs is 1. The summed E-state index contributed by atoms with van der Waals surface area (Å²) in [5, 5.41) is 9.13. The molecule has 7 heteroatoms. The number of sulfone groups is 1. The Morgan fingerprint density at radius 2 is 1.92 bits per heavy atom. The molecule has 0 bridgehead atoms. The van der Waals surface area contributed by atoms with Crippen LogP contribution in [0.25, 0.3) is 0 Å². The Morgan fingerprint density at radius 3 is 2.60 bits per heavy atom. The number of likely N-dealkylation sites (tertiary alicyclic amines) is 1. The highest BCUT2D eigenvalue weighted by molar-refractivity contribution is 7.91. The molecule has 2 atom stereocenters. The predicted molar refractivity (Wildman–Crippen MR) is 92.0 cm³/mol. The second-order valence-electron chi connectivity index (χ2n) is 7.07. The molecular weight excluding hydrogens is 342 g/mol. The molecule has 1 aliphatic carbocycles. The molecule has 1 saturated heterocycles. The summed E-state index contributed by atoms with van der Waals surface area (Å²) in [4.78, 5) is 25.2. The molecule has 3 rings (SSSR count). The third-order valence-electron chi connectivity index (χ3n) is 5.30. The molecule has 1 heterocycles. The van der Waals surface area contributed by atoms with Crippen LogP contribution in [-0.2, 0) is 32.3 Å². The molecule has 1 aromatic rings. The highest BCUT2D eigenvalue weighted by Crippen LogP contribution is 2.26. The van der Waals surface area contributed by atoms with Crippen molar-refractivity contribution in [3.63, 3.8) is 0 Å². The zero-order valence-electron chi connectivity index (χ0n) is 14.3. The minimum Gasteiger partial charge on any atom is -0.481 e. The number of hydrogen-bond acceptors (Lipinski definition) is 4. The van der Waals surface area contributed by atoms with E-state index < -0.39 is 21.7 Å². The van der Waals surface area contributed by atoms with Crippen LogP contribution in [0.4, 0.5) is 0 Å². The summed E-state index contributed by atoms with van der Waals surface area (Å²) in [7, 11) is -3.51. The van der Waals surface area contributed by atoms with Crippen molar-refractivity contribution >= 4 is 21.7 Å². The lowest BCUT2D eigenvalue weighted by Gasteiger charge is -2.16. The van der Waals surface area contributed by atoms with Crippen molar-refractivity contribution < 1.29 is 23.1 Å². The summed E-state index contributed by atoms with van der Waals surface area (Å²) >= 11 is 0. The number of carbonyl (C=O) groups is 2. The fourth-order valence-electron chi connectivity index (χ4n) is 3.73. The Balaban J connectivity index is 1.63. The van der Waals surface area contributed by atoms with Crippen LogP contribution in [0.1, 0.15) is 30.9 Å². The third kappa shape index (κ3) is 3.71. The van der Waals surface area contributed by atoms with Crippen molar-refractivity contribution in [3.05, 3.63) is 29.3 Å². The van der Waals surface area contributed by atoms with Crippen molar-refractivity contribution in [1.29, 1.82) is 0 Å². The summed E-state index contributed by atoms with van der Waals surface area (Å²) in [6, 6.07) is 5.24. The molecule has 0 radical (unpaired) electrons. The van der Waals surface area contributed by atoms with E-state index in [2.05, 4.69) is 0 Å². The fraction of sp³-hybridized carbons (Fsp3) is 0.556. The lowest BCUT2D eigenvalue weighted by Crippen LogP contribution is -2.31. The van der Waals surface area contributed by atoms with Crippen molar-refractivity contribution in [2.45, 2.75) is 37.5 Å². The fourth-order valence-corrected chi connectivity index (χ4v) is 5.01. The Kier molecular flexibility index (Phi) is 4.86. The van der Waals surface area contributed by atoms with Crippen LogP contribution in [0.3, 0.4) is 0 Å². The van der Waals surface area contributed by atoms with Gasteiger partial charge in [0.05, 0.1) is 16.6 Å². The second kappa shape index (κ2) is 6.78. The molecule has 1 amide bonds. The molecular formula is C18H23NO5S. The van der Waals surface area contributed by atoms with Crippen molar-refractivity contribution in [2.75, 3.05) is 18.8 Å². The molecule has 1 aliphatic heterocycles. The third-order valence-corrected chi connectivity index (χ3v) is 7.01. The van der Waals surface area contributed by atoms with Gasteiger partial charge >= 0.3 is 5.97 Å². The van der Waals surface area contributed by atoms with E-state index in [9.17, 15) is 18.0 Å². The van der Waals surface area contributed by atoms with Crippen LogP contribution >= 0.6 is 0 Å². The Bertz CT molecular complexity index is 802. The van der Waals surface area contributed by atoms with Crippen molar-refractivity contribution in [3.8, 4) is 0 Å². The maximum atomic E-state index is 12.5. The number of nitrogens with zero attached hydrogens (tertiary/aromatic N) is 1. The van der Waals surface area contributed by atoms with Crippen LogP contribution < -0.4 is 0 Å². The van der Waals surface area contributed by atoms with E-state index in [0.717, 1.165) is 24.8 Å². The molecule has 2 aliphatic rings. The van der Waals surface area contributed by atoms with E-state index in [1.165, 1.54) is 10.5 Å². The zero-order valence-corrected chi connectivity index (χ0v) is 15.1. The van der Waals surface area contributed by atoms with E-state index in [0.29, 0.717) is 6.54 Å². The van der Waals surface area contributed by atoms with E-state index in [4.69, 9.17) is 5.11 Å². The molecule has 6 nitrogen and oxygen atoms in total. The van der Waals surface area contributed by atoms with Gasteiger partial charge in [-0.25, -0.2) is 8.42 Å². The standard InChI is InChI=1S/C18H23NO5S/c1-12-10-19(11-16(12)18(21)22)17(20)7-8-25(23,24)15-6-5-13-3-2-4-14(13)9-15/h5-6,9,12,16H,2-4,7-8,10-11H2,1H3,(H,21,22)/t12-,16-/m1/s1. The van der Waals surface area contributed by atoms with Crippen LogP contribution in [0.5, 0.6) is 0 Å². The van der Waals surface area contributed by atoms with E-state index >= 15 is 0 Å². The Labute approximate surface area is 147 Å². The number of rotatable bonds is 5. The van der Waals surface area contributed by atoms with Gasteiger partial charge in [-0.1, -0.05) is 13.0 Å². The number of carbonyl (C=O) groups excluding carboxylic acids is 1. The molecule has 1 aromatic carbocycles. The smallest absolute Gasteiger partial charge is 0.308 e. The molecule has 25 heavy (non-hydrogen) atoms. The van der Waals surface area contributed by atoms with Gasteiger partial charge in [-0.15, -0.1) is 0 Å². The van der Waals surface area contributed by atoms with Crippen LogP contribution in [0, 0.1) is 11.8 Å². The van der Waals surface area contributed by atoms with Gasteiger partial charge in [-0.3, -0.25) is 9.59 Å². The molecule has 0 aromatic heterocycles. The maximum absolute atomic E-state index is 12.5. The minimum atomic E-state index is -3.51. The van der Waals surface area contributed by atoms with E-state index in [1.807, 2.05) is 6.07 Å². The van der Waals surface area contributed by atoms with Crippen LogP contribution in [0.15, 0.2) is 23.1 Å². The second-order valence-corrected chi connectivity index (χ2v) is 9.18. The summed E-state index contributed by atoms with van der Waals surface area (Å²) in [5.74, 6) is -2.13. The number of aryl methyl sites for hydroxylation is 2. The molecule has 1 fully saturated rings. The van der Waals surface area contributed by atoms with Crippen LogP contribution in [-0.4, -0.2) is 49.1 Å². The van der Waals surface area contributed by atoms with Gasteiger partial charge in [0.15, 0.2) is 9.84 Å². The summed E-state index contributed by atoms with van der Waals surface area (Å²) in [5.41, 5.74) is 2.30. The first-order valence-corrected chi connectivity index (χ1v) is 10.3. The number of amides is 1. The highest BCUT2D eigenvalue weighted by atomic mass is 32.2. The largest absolute Gasteiger partial charge is 0.481 e. The first kappa shape index (κ1) is 17.9. The lowest BCUT2D eigenvalue weighted by molar-refractivity contribution is -0.142. The molecule has 0 saturated carbocycles. The van der Waals surface area contributed by atoms with Gasteiger partial charge in [0.2, 0.25) is 5.91 Å². The quantitative estimate of drug-likeness (QED) is 0.854. The number of aliphatic carboxylic acids is 1. The monoisotopic (exact) mass is 365 g/mol. The number of carboxylic acids is 1. The summed E-state index contributed by atoms with van der Waals surface area (Å²) < 4.78 is 25.0. The van der Waals surface area contributed by atoms with Gasteiger partial charge in [-0.05, 0) is 48.4 Å². The Morgan fingerprint density at radius 1 is 1.20 bits per heavy atom. The maximum Gasteiger partial charge on any atom is 0.308 e. The van der Waals surface area contributed by atoms with Gasteiger partial charge in [-0.2, -0.15) is 0 Å². The lowest BCUT2D eigenvalue weighted by atomic mass is 9.99. The average molecular weight is 365 g/mol. The predicted octanol–water partition coefficient (Wildman–Crippen LogP) is 1.52. The van der Waals surface area contributed by atoms with Gasteiger partial charge in [0, 0.05) is 19.5 Å². The first-order chi connectivity index (χ1) is 11.8. The number of benzene rings is 1. The van der Waals surface area contributed by atoms with Crippen LogP contribution in [0.2, 0.25) is 0 Å². The van der Waals surface area contributed by atoms with Crippen molar-refractivity contribution in [2.24, 2.45) is 11.8 Å². The number of carboxylic acid groups (broad SMARTS) is 1. The molecule has 136 valence electrons. The summed E-state index contributed by atoms with van der Waals surface area (Å²) in [6.45, 7) is 2.33. The van der Waals surface area contributed by atoms with Gasteiger partial charge < -0.3 is 10.0 Å². The normalized spacial score (nSPS) is 22.8. The number of hydrogen-bond donors (Lipinski definition) is 1. The van der Waals surface area contributed by atoms with Gasteiger partial charge in [0.1, 0.15) is 0 Å². The summed E-state index contributed by atoms with van der Waals surface area (Å²) in [6.07, 6.45) is 2.83. The Hall–Kier alpha value is -1.89. The molecule has 0 spiro atoms.